The fraction of sp³-hybridized carbons (Fsp3) is 0.926. The second kappa shape index (κ2) is 24.0. The molecule has 0 saturated carbocycles. The Morgan fingerprint density at radius 1 is 0.407 bits per heavy atom. The van der Waals surface area contributed by atoms with Crippen molar-refractivity contribution in [3.8, 4) is 0 Å². The molecule has 0 aromatic rings. The van der Waals surface area contributed by atoms with Gasteiger partial charge in [0.15, 0.2) is 0 Å². The molecule has 0 aliphatic heterocycles. The minimum absolute atomic E-state index is 0.999. The van der Waals surface area contributed by atoms with E-state index in [0.29, 0.717) is 0 Å². The van der Waals surface area contributed by atoms with Gasteiger partial charge in [0.1, 0.15) is 0 Å². The van der Waals surface area contributed by atoms with Gasteiger partial charge in [0.2, 0.25) is 0 Å². The van der Waals surface area contributed by atoms with E-state index in [4.69, 9.17) is 0 Å². The van der Waals surface area contributed by atoms with Crippen molar-refractivity contribution in [2.45, 2.75) is 155 Å². The van der Waals surface area contributed by atoms with Crippen molar-refractivity contribution in [1.29, 1.82) is 0 Å². The first-order valence-corrected chi connectivity index (χ1v) is 12.9. The summed E-state index contributed by atoms with van der Waals surface area (Å²) in [6.45, 7) is 10.2. The van der Waals surface area contributed by atoms with Crippen LogP contribution in [0.2, 0.25) is 0 Å². The van der Waals surface area contributed by atoms with Gasteiger partial charge in [-0.3, -0.25) is 0 Å². The Kier molecular flexibility index (Phi) is 24.0. The van der Waals surface area contributed by atoms with Crippen LogP contribution in [-0.4, -0.2) is 0 Å². The van der Waals surface area contributed by atoms with Crippen LogP contribution in [0.25, 0.3) is 0 Å². The van der Waals surface area contributed by atoms with E-state index in [1.165, 1.54) is 135 Å². The molecule has 0 fully saturated rings. The second-order valence-electron chi connectivity index (χ2n) is 8.92. The minimum Gasteiger partial charge on any atom is -0.0651 e. The molecule has 0 aliphatic rings. The average molecular weight is 379 g/mol. The van der Waals surface area contributed by atoms with Crippen LogP contribution < -0.4 is 0 Å². The van der Waals surface area contributed by atoms with Crippen LogP contribution in [0.1, 0.15) is 155 Å². The third-order valence-corrected chi connectivity index (χ3v) is 6.30. The Labute approximate surface area is 174 Å². The van der Waals surface area contributed by atoms with Gasteiger partial charge in [-0.2, -0.15) is 0 Å². The molecule has 0 N–H and O–H groups in total. The molecule has 0 spiro atoms. The molecule has 0 amide bonds. The van der Waals surface area contributed by atoms with E-state index in [2.05, 4.69) is 20.8 Å². The van der Waals surface area contributed by atoms with Crippen LogP contribution in [0.4, 0.5) is 0 Å². The van der Waals surface area contributed by atoms with Gasteiger partial charge >= 0.3 is 0 Å². The largest absolute Gasteiger partial charge is 0.0651 e. The van der Waals surface area contributed by atoms with Crippen molar-refractivity contribution in [2.24, 2.45) is 5.92 Å². The van der Waals surface area contributed by atoms with Crippen LogP contribution in [0.3, 0.4) is 0 Å². The average Bonchev–Trinajstić information content (AvgIpc) is 2.69. The highest BCUT2D eigenvalue weighted by Gasteiger charge is 2.05. The molecule has 0 aliphatic carbocycles. The van der Waals surface area contributed by atoms with Crippen LogP contribution in [0.5, 0.6) is 0 Å². The lowest BCUT2D eigenvalue weighted by Gasteiger charge is -2.14. The van der Waals surface area contributed by atoms with Crippen molar-refractivity contribution in [1.82, 2.24) is 0 Å². The maximum Gasteiger partial charge on any atom is -0.0417 e. The maximum absolute atomic E-state index is 3.95. The fourth-order valence-corrected chi connectivity index (χ4v) is 4.25. The van der Waals surface area contributed by atoms with Crippen molar-refractivity contribution < 1.29 is 0 Å². The molecule has 0 aromatic carbocycles. The number of rotatable bonds is 23. The lowest BCUT2D eigenvalue weighted by molar-refractivity contribution is 0.394. The summed E-state index contributed by atoms with van der Waals surface area (Å²) in [6, 6.07) is 0. The van der Waals surface area contributed by atoms with Crippen molar-refractivity contribution >= 4 is 0 Å². The Morgan fingerprint density at radius 2 is 0.667 bits per heavy atom. The standard InChI is InChI=1S/C27H54/c1-4-7-9-11-12-13-14-15-16-17-18-19-20-21-22-24-26-27(6-3)25-23-10-8-5-2/h27H,1-2,4-26H2,3H3. The normalized spacial score (nSPS) is 12.6. The lowest BCUT2D eigenvalue weighted by Crippen LogP contribution is -1.99. The van der Waals surface area contributed by atoms with E-state index < -0.39 is 0 Å². The monoisotopic (exact) mass is 378 g/mol. The second-order valence-corrected chi connectivity index (χ2v) is 8.92. The van der Waals surface area contributed by atoms with Crippen LogP contribution in [-0.2, 0) is 0 Å². The number of hydrogen-bond acceptors (Lipinski definition) is 0. The summed E-state index contributed by atoms with van der Waals surface area (Å²) in [5.74, 6) is 0.999. The summed E-state index contributed by atoms with van der Waals surface area (Å²) in [5, 5.41) is 0. The van der Waals surface area contributed by atoms with E-state index in [1.54, 1.807) is 0 Å². The topological polar surface area (TPSA) is 0 Å². The third kappa shape index (κ3) is 22.2. The van der Waals surface area contributed by atoms with Gasteiger partial charge in [-0.1, -0.05) is 168 Å². The van der Waals surface area contributed by atoms with E-state index in [0.717, 1.165) is 18.8 Å². The van der Waals surface area contributed by atoms with Gasteiger partial charge in [0, 0.05) is 0 Å². The van der Waals surface area contributed by atoms with Gasteiger partial charge in [0.25, 0.3) is 0 Å². The zero-order valence-electron chi connectivity index (χ0n) is 19.3. The quantitative estimate of drug-likeness (QED) is 0.155. The molecule has 0 rings (SSSR count). The fourth-order valence-electron chi connectivity index (χ4n) is 4.25. The first-order chi connectivity index (χ1) is 13.3. The van der Waals surface area contributed by atoms with Gasteiger partial charge in [-0.15, -0.1) is 0 Å². The predicted octanol–water partition coefficient (Wildman–Crippen LogP) is 10.3. The van der Waals surface area contributed by atoms with Crippen molar-refractivity contribution in [2.75, 3.05) is 0 Å². The molecule has 27 heavy (non-hydrogen) atoms. The first kappa shape index (κ1) is 27.0. The van der Waals surface area contributed by atoms with Crippen LogP contribution in [0, 0.1) is 19.8 Å². The van der Waals surface area contributed by atoms with Crippen LogP contribution in [0.15, 0.2) is 0 Å². The summed E-state index contributed by atoms with van der Waals surface area (Å²) < 4.78 is 0. The summed E-state index contributed by atoms with van der Waals surface area (Å²) in [4.78, 5) is 0. The van der Waals surface area contributed by atoms with Crippen molar-refractivity contribution in [3.05, 3.63) is 13.8 Å². The summed E-state index contributed by atoms with van der Waals surface area (Å²) >= 11 is 0. The molecular formula is C27H54. The molecule has 0 heteroatoms. The minimum atomic E-state index is 0.999. The molecule has 0 aromatic heterocycles. The van der Waals surface area contributed by atoms with Gasteiger partial charge in [0.05, 0.1) is 0 Å². The zero-order valence-corrected chi connectivity index (χ0v) is 19.3. The van der Waals surface area contributed by atoms with E-state index >= 15 is 0 Å². The Morgan fingerprint density at radius 3 is 0.963 bits per heavy atom. The highest BCUT2D eigenvalue weighted by atomic mass is 14.1. The van der Waals surface area contributed by atoms with Crippen molar-refractivity contribution in [3.63, 3.8) is 0 Å². The summed E-state index contributed by atoms with van der Waals surface area (Å²) in [6.07, 6.45) is 32.6. The molecule has 162 valence electrons. The van der Waals surface area contributed by atoms with E-state index in [-0.39, 0.29) is 0 Å². The predicted molar refractivity (Wildman–Crippen MR) is 126 cm³/mol. The zero-order chi connectivity index (χ0) is 19.8. The smallest absolute Gasteiger partial charge is 0.0417 e. The molecule has 2 radical (unpaired) electrons. The molecular weight excluding hydrogens is 324 g/mol. The Bertz CT molecular complexity index is 244. The molecule has 1 unspecified atom stereocenters. The molecule has 1 atom stereocenters. The van der Waals surface area contributed by atoms with Gasteiger partial charge in [-0.05, 0) is 5.92 Å². The highest BCUT2D eigenvalue weighted by Crippen LogP contribution is 2.21. The Balaban J connectivity index is 3.17. The van der Waals surface area contributed by atoms with E-state index in [1.807, 2.05) is 0 Å². The van der Waals surface area contributed by atoms with Gasteiger partial charge in [-0.25, -0.2) is 0 Å². The van der Waals surface area contributed by atoms with Crippen LogP contribution >= 0.6 is 0 Å². The number of unbranched alkanes of at least 4 members (excludes halogenated alkanes) is 18. The summed E-state index contributed by atoms with van der Waals surface area (Å²) in [5.41, 5.74) is 0. The Hall–Kier alpha value is 0. The SMILES string of the molecule is [CH2]CCCCCCCCCCCCCCCCCC(CC)CCCCC[CH2]. The molecule has 0 saturated heterocycles. The van der Waals surface area contributed by atoms with Gasteiger partial charge < -0.3 is 0 Å². The first-order valence-electron chi connectivity index (χ1n) is 12.9. The highest BCUT2D eigenvalue weighted by molar-refractivity contribution is 4.59. The summed E-state index contributed by atoms with van der Waals surface area (Å²) in [7, 11) is 0. The maximum atomic E-state index is 3.95. The lowest BCUT2D eigenvalue weighted by atomic mass is 9.92. The molecule has 0 heterocycles. The molecule has 0 nitrogen and oxygen atoms in total. The number of hydrogen-bond donors (Lipinski definition) is 0. The molecule has 0 bridgehead atoms. The third-order valence-electron chi connectivity index (χ3n) is 6.30. The van der Waals surface area contributed by atoms with E-state index in [9.17, 15) is 0 Å².